The van der Waals surface area contributed by atoms with Crippen molar-refractivity contribution in [2.75, 3.05) is 44.3 Å². The highest BCUT2D eigenvalue weighted by molar-refractivity contribution is 7.15. The van der Waals surface area contributed by atoms with Gasteiger partial charge in [0.15, 0.2) is 5.13 Å². The Morgan fingerprint density at radius 3 is 2.88 bits per heavy atom. The minimum atomic E-state index is 0.0248. The van der Waals surface area contributed by atoms with E-state index in [-0.39, 0.29) is 5.56 Å². The maximum Gasteiger partial charge on any atom is 0.254 e. The second-order valence-corrected chi connectivity index (χ2v) is 7.65. The maximum absolute atomic E-state index is 12.1. The van der Waals surface area contributed by atoms with Gasteiger partial charge in [-0.3, -0.25) is 9.69 Å². The fourth-order valence-electron chi connectivity index (χ4n) is 3.43. The molecule has 2 aromatic heterocycles. The fourth-order valence-corrected chi connectivity index (χ4v) is 4.43. The predicted octanol–water partition coefficient (Wildman–Crippen LogP) is 0.972. The second kappa shape index (κ2) is 7.23. The molecule has 0 atom stereocenters. The zero-order valence-corrected chi connectivity index (χ0v) is 15.3. The molecule has 0 unspecified atom stereocenters. The fraction of sp³-hybridized carbons (Fsp3) is 0.588. The van der Waals surface area contributed by atoms with E-state index in [1.807, 2.05) is 13.1 Å². The Morgan fingerprint density at radius 1 is 1.24 bits per heavy atom. The number of anilines is 1. The lowest BCUT2D eigenvalue weighted by Gasteiger charge is -2.26. The van der Waals surface area contributed by atoms with Gasteiger partial charge in [-0.15, -0.1) is 11.3 Å². The van der Waals surface area contributed by atoms with Crippen molar-refractivity contribution in [1.82, 2.24) is 19.9 Å². The Morgan fingerprint density at radius 2 is 2.04 bits per heavy atom. The topological polar surface area (TPSA) is 74.4 Å². The molecule has 4 heterocycles. The Kier molecular flexibility index (Phi) is 4.82. The number of morpholine rings is 1. The van der Waals surface area contributed by atoms with E-state index in [4.69, 9.17) is 4.74 Å². The average molecular weight is 361 g/mol. The van der Waals surface area contributed by atoms with E-state index in [0.717, 1.165) is 75.2 Å². The standard InChI is InChI=1S/C17H23N5O2S/c1-12-19-15-3-5-21(4-2-14(15)16(23)20-12)11-13-10-18-17(25-13)22-6-8-24-9-7-22/h10H,2-9,11H2,1H3,(H,19,20,23). The Bertz CT molecular complexity index is 797. The van der Waals surface area contributed by atoms with Gasteiger partial charge in [0.25, 0.3) is 5.56 Å². The van der Waals surface area contributed by atoms with Gasteiger partial charge in [0.05, 0.1) is 18.9 Å². The van der Waals surface area contributed by atoms with Crippen molar-refractivity contribution in [2.24, 2.45) is 0 Å². The number of ether oxygens (including phenoxy) is 1. The van der Waals surface area contributed by atoms with E-state index < -0.39 is 0 Å². The molecule has 2 aliphatic rings. The summed E-state index contributed by atoms with van der Waals surface area (Å²) in [5, 5.41) is 1.09. The smallest absolute Gasteiger partial charge is 0.254 e. The normalized spacial score (nSPS) is 18.8. The molecule has 1 fully saturated rings. The van der Waals surface area contributed by atoms with Gasteiger partial charge in [-0.2, -0.15) is 0 Å². The molecule has 8 heteroatoms. The summed E-state index contributed by atoms with van der Waals surface area (Å²) in [7, 11) is 0. The number of fused-ring (bicyclic) bond motifs is 1. The van der Waals surface area contributed by atoms with Crippen LogP contribution in [0, 0.1) is 6.92 Å². The van der Waals surface area contributed by atoms with Gasteiger partial charge in [0.1, 0.15) is 5.82 Å². The van der Waals surface area contributed by atoms with E-state index in [1.165, 1.54) is 4.88 Å². The first-order valence-corrected chi connectivity index (χ1v) is 9.59. The lowest BCUT2D eigenvalue weighted by molar-refractivity contribution is 0.122. The molecule has 134 valence electrons. The van der Waals surface area contributed by atoms with Gasteiger partial charge in [0.2, 0.25) is 0 Å². The first-order chi connectivity index (χ1) is 12.2. The third kappa shape index (κ3) is 3.75. The summed E-state index contributed by atoms with van der Waals surface area (Å²) in [6, 6.07) is 0. The summed E-state index contributed by atoms with van der Waals surface area (Å²) in [6.07, 6.45) is 3.57. The van der Waals surface area contributed by atoms with Gasteiger partial charge in [-0.05, 0) is 13.3 Å². The van der Waals surface area contributed by atoms with Gasteiger partial charge in [-0.1, -0.05) is 0 Å². The van der Waals surface area contributed by atoms with Crippen LogP contribution in [0.4, 0.5) is 5.13 Å². The number of hydrogen-bond donors (Lipinski definition) is 1. The van der Waals surface area contributed by atoms with Crippen LogP contribution in [-0.2, 0) is 24.1 Å². The molecule has 0 radical (unpaired) electrons. The molecule has 0 bridgehead atoms. The SMILES string of the molecule is Cc1nc2c(c(=O)[nH]1)CCN(Cc1cnc(N3CCOCC3)s1)CC2. The number of aromatic nitrogens is 3. The number of nitrogens with one attached hydrogen (secondary N) is 1. The highest BCUT2D eigenvalue weighted by atomic mass is 32.1. The van der Waals surface area contributed by atoms with Crippen molar-refractivity contribution in [1.29, 1.82) is 0 Å². The molecule has 2 aromatic rings. The van der Waals surface area contributed by atoms with Crippen LogP contribution in [0.25, 0.3) is 0 Å². The van der Waals surface area contributed by atoms with Crippen LogP contribution >= 0.6 is 11.3 Å². The van der Waals surface area contributed by atoms with Crippen LogP contribution in [0.1, 0.15) is 22.0 Å². The van der Waals surface area contributed by atoms with Gasteiger partial charge >= 0.3 is 0 Å². The van der Waals surface area contributed by atoms with Crippen LogP contribution in [-0.4, -0.2) is 59.2 Å². The van der Waals surface area contributed by atoms with Gasteiger partial charge < -0.3 is 14.6 Å². The number of H-pyrrole nitrogens is 1. The third-order valence-corrected chi connectivity index (χ3v) is 5.81. The van der Waals surface area contributed by atoms with E-state index in [9.17, 15) is 4.79 Å². The van der Waals surface area contributed by atoms with E-state index in [0.29, 0.717) is 5.82 Å². The van der Waals surface area contributed by atoms with Crippen LogP contribution in [0.15, 0.2) is 11.0 Å². The quantitative estimate of drug-likeness (QED) is 0.878. The summed E-state index contributed by atoms with van der Waals surface area (Å²) >= 11 is 1.76. The molecule has 2 aliphatic heterocycles. The summed E-state index contributed by atoms with van der Waals surface area (Å²) in [5.74, 6) is 0.704. The largest absolute Gasteiger partial charge is 0.378 e. The molecule has 0 spiro atoms. The number of aryl methyl sites for hydroxylation is 1. The molecule has 1 saturated heterocycles. The van der Waals surface area contributed by atoms with Crippen molar-refractivity contribution < 1.29 is 4.74 Å². The van der Waals surface area contributed by atoms with Crippen molar-refractivity contribution in [2.45, 2.75) is 26.3 Å². The van der Waals surface area contributed by atoms with Gasteiger partial charge in [-0.25, -0.2) is 9.97 Å². The summed E-state index contributed by atoms with van der Waals surface area (Å²) < 4.78 is 5.41. The highest BCUT2D eigenvalue weighted by Crippen LogP contribution is 2.25. The van der Waals surface area contributed by atoms with Crippen molar-refractivity contribution in [3.63, 3.8) is 0 Å². The molecule has 0 amide bonds. The van der Waals surface area contributed by atoms with Crippen LogP contribution in [0.2, 0.25) is 0 Å². The molecule has 0 aromatic carbocycles. The number of thiazole rings is 1. The second-order valence-electron chi connectivity index (χ2n) is 6.56. The Balaban J connectivity index is 1.42. The number of hydrogen-bond acceptors (Lipinski definition) is 7. The molecular formula is C17H23N5O2S. The maximum atomic E-state index is 12.1. The summed E-state index contributed by atoms with van der Waals surface area (Å²) in [6.45, 7) is 7.92. The van der Waals surface area contributed by atoms with E-state index in [2.05, 4.69) is 24.8 Å². The molecule has 7 nitrogen and oxygen atoms in total. The van der Waals surface area contributed by atoms with Crippen LogP contribution in [0.5, 0.6) is 0 Å². The van der Waals surface area contributed by atoms with Gasteiger partial charge in [0, 0.05) is 55.8 Å². The summed E-state index contributed by atoms with van der Waals surface area (Å²) in [5.41, 5.74) is 1.84. The molecule has 25 heavy (non-hydrogen) atoms. The Labute approximate surface area is 150 Å². The lowest BCUT2D eigenvalue weighted by atomic mass is 10.1. The van der Waals surface area contributed by atoms with Crippen molar-refractivity contribution >= 4 is 16.5 Å². The average Bonchev–Trinajstić information content (AvgIpc) is 2.98. The molecular weight excluding hydrogens is 338 g/mol. The Hall–Kier alpha value is -1.77. The first kappa shape index (κ1) is 16.7. The number of nitrogens with zero attached hydrogens (tertiary/aromatic N) is 4. The van der Waals surface area contributed by atoms with E-state index >= 15 is 0 Å². The molecule has 4 rings (SSSR count). The van der Waals surface area contributed by atoms with Crippen LogP contribution < -0.4 is 10.5 Å². The molecule has 0 saturated carbocycles. The minimum Gasteiger partial charge on any atom is -0.378 e. The highest BCUT2D eigenvalue weighted by Gasteiger charge is 2.20. The summed E-state index contributed by atoms with van der Waals surface area (Å²) in [4.78, 5) is 30.0. The van der Waals surface area contributed by atoms with E-state index in [1.54, 1.807) is 11.3 Å². The number of rotatable bonds is 3. The third-order valence-electron chi connectivity index (χ3n) is 4.76. The lowest BCUT2D eigenvalue weighted by Crippen LogP contribution is -2.36. The molecule has 0 aliphatic carbocycles. The van der Waals surface area contributed by atoms with Crippen molar-refractivity contribution in [3.8, 4) is 0 Å². The van der Waals surface area contributed by atoms with Crippen molar-refractivity contribution in [3.05, 3.63) is 38.5 Å². The zero-order valence-electron chi connectivity index (χ0n) is 14.5. The predicted molar refractivity (Wildman–Crippen MR) is 97.4 cm³/mol. The van der Waals surface area contributed by atoms with Crippen LogP contribution in [0.3, 0.4) is 0 Å². The first-order valence-electron chi connectivity index (χ1n) is 8.77. The minimum absolute atomic E-state index is 0.0248. The monoisotopic (exact) mass is 361 g/mol. The molecule has 1 N–H and O–H groups in total. The zero-order chi connectivity index (χ0) is 17.2. The number of aromatic amines is 1.